The topological polar surface area (TPSA) is 267 Å². The number of nitrogens with zero attached hydrogens (tertiary/aromatic N) is 2. The number of phenols is 1. The van der Waals surface area contributed by atoms with Crippen LogP contribution in [0, 0.1) is 19.3 Å². The lowest BCUT2D eigenvalue weighted by Gasteiger charge is -2.25. The third kappa shape index (κ3) is 15.0. The number of alkyl carbamates (subject to hydrolysis) is 1. The van der Waals surface area contributed by atoms with Crippen molar-refractivity contribution in [3.8, 4) is 5.75 Å². The van der Waals surface area contributed by atoms with Gasteiger partial charge in [-0.1, -0.05) is 35.5 Å². The van der Waals surface area contributed by atoms with Gasteiger partial charge in [0.25, 0.3) is 0 Å². The average Bonchev–Trinajstić information content (AvgIpc) is 3.53. The van der Waals surface area contributed by atoms with Crippen molar-refractivity contribution in [3.05, 3.63) is 76.4 Å². The van der Waals surface area contributed by atoms with Gasteiger partial charge in [-0.3, -0.25) is 15.0 Å². The van der Waals surface area contributed by atoms with E-state index < -0.39 is 47.7 Å². The molecular formula is C37H53N9O8. The summed E-state index contributed by atoms with van der Waals surface area (Å²) in [5, 5.41) is 44.3. The largest absolute Gasteiger partial charge is 0.508 e. The Balaban J connectivity index is 1.87. The predicted molar refractivity (Wildman–Crippen MR) is 200 cm³/mol. The van der Waals surface area contributed by atoms with Crippen LogP contribution in [-0.4, -0.2) is 81.1 Å². The maximum atomic E-state index is 14.2. The van der Waals surface area contributed by atoms with E-state index in [9.17, 15) is 29.4 Å². The molecule has 17 nitrogen and oxygen atoms in total. The first-order valence-electron chi connectivity index (χ1n) is 17.8. The van der Waals surface area contributed by atoms with Crippen LogP contribution < -0.4 is 32.3 Å². The van der Waals surface area contributed by atoms with Crippen molar-refractivity contribution < 1.29 is 38.7 Å². The number of ether oxygens (including phenoxy) is 1. The lowest BCUT2D eigenvalue weighted by Crippen LogP contribution is -2.55. The Morgan fingerprint density at radius 2 is 1.56 bits per heavy atom. The van der Waals surface area contributed by atoms with E-state index in [-0.39, 0.29) is 37.0 Å². The fourth-order valence-corrected chi connectivity index (χ4v) is 5.69. The number of unbranched alkanes of at least 4 members (excludes halogenated alkanes) is 1. The van der Waals surface area contributed by atoms with E-state index in [0.29, 0.717) is 61.2 Å². The SMILES string of the molecule is Cc1cc(O)cc(C)c1C[C@@H](NC(=O)[C@@H](CCCNC(=N)N)NC(=O)O)C(=O)N[C@H](CCCCNC(=O)OC(C)(C)C)c1nc(Cc2ccccc2)no1. The number of benzene rings is 2. The zero-order valence-corrected chi connectivity index (χ0v) is 31.5. The second-order valence-corrected chi connectivity index (χ2v) is 14.0. The van der Waals surface area contributed by atoms with Gasteiger partial charge >= 0.3 is 12.2 Å². The van der Waals surface area contributed by atoms with E-state index in [1.54, 1.807) is 46.8 Å². The average molecular weight is 752 g/mol. The number of amides is 4. The van der Waals surface area contributed by atoms with Crippen LogP contribution in [0.4, 0.5) is 9.59 Å². The molecule has 0 fully saturated rings. The molecule has 0 radical (unpaired) electrons. The minimum atomic E-state index is -1.43. The number of aryl methyl sites for hydroxylation is 2. The summed E-state index contributed by atoms with van der Waals surface area (Å²) in [5.41, 5.74) is 7.73. The quantitative estimate of drug-likeness (QED) is 0.0484. The third-order valence-corrected chi connectivity index (χ3v) is 8.21. The predicted octanol–water partition coefficient (Wildman–Crippen LogP) is 3.46. The molecule has 0 aliphatic heterocycles. The zero-order chi connectivity index (χ0) is 39.8. The number of hydrogen-bond acceptors (Lipinski definition) is 10. The molecule has 0 saturated carbocycles. The molecule has 54 heavy (non-hydrogen) atoms. The van der Waals surface area contributed by atoms with E-state index in [4.69, 9.17) is 20.4 Å². The molecule has 3 rings (SSSR count). The van der Waals surface area contributed by atoms with Gasteiger partial charge in [0.15, 0.2) is 11.8 Å². The number of aromatic nitrogens is 2. The summed E-state index contributed by atoms with van der Waals surface area (Å²) in [6.45, 7) is 9.40. The van der Waals surface area contributed by atoms with Gasteiger partial charge in [0.2, 0.25) is 17.7 Å². The molecule has 294 valence electrons. The summed E-state index contributed by atoms with van der Waals surface area (Å²) in [5.74, 6) is -0.984. The van der Waals surface area contributed by atoms with Gasteiger partial charge < -0.3 is 51.8 Å². The van der Waals surface area contributed by atoms with Crippen LogP contribution in [-0.2, 0) is 27.2 Å². The van der Waals surface area contributed by atoms with Crippen LogP contribution in [0.3, 0.4) is 0 Å². The molecule has 10 N–H and O–H groups in total. The van der Waals surface area contributed by atoms with Crippen molar-refractivity contribution >= 4 is 30.0 Å². The van der Waals surface area contributed by atoms with Crippen LogP contribution in [0.5, 0.6) is 5.75 Å². The van der Waals surface area contributed by atoms with E-state index in [2.05, 4.69) is 36.7 Å². The second-order valence-electron chi connectivity index (χ2n) is 14.0. The summed E-state index contributed by atoms with van der Waals surface area (Å²) in [6, 6.07) is 9.45. The summed E-state index contributed by atoms with van der Waals surface area (Å²) in [7, 11) is 0. The summed E-state index contributed by atoms with van der Waals surface area (Å²) >= 11 is 0. The molecule has 0 bridgehead atoms. The summed E-state index contributed by atoms with van der Waals surface area (Å²) < 4.78 is 10.9. The monoisotopic (exact) mass is 751 g/mol. The van der Waals surface area contributed by atoms with Gasteiger partial charge in [-0.25, -0.2) is 9.59 Å². The van der Waals surface area contributed by atoms with Crippen molar-refractivity contribution in [2.45, 2.75) is 103 Å². The molecule has 0 aliphatic carbocycles. The van der Waals surface area contributed by atoms with Gasteiger partial charge in [0.1, 0.15) is 29.5 Å². The first-order chi connectivity index (χ1) is 25.5. The summed E-state index contributed by atoms with van der Waals surface area (Å²) in [4.78, 5) is 56.2. The Kier molecular flexibility index (Phi) is 16.1. The van der Waals surface area contributed by atoms with Gasteiger partial charge in [-0.05, 0) is 101 Å². The smallest absolute Gasteiger partial charge is 0.407 e. The molecule has 1 heterocycles. The van der Waals surface area contributed by atoms with Crippen molar-refractivity contribution in [1.82, 2.24) is 36.7 Å². The maximum absolute atomic E-state index is 14.2. The molecule has 0 aliphatic rings. The highest BCUT2D eigenvalue weighted by Crippen LogP contribution is 2.24. The number of aromatic hydroxyl groups is 1. The number of hydrogen-bond donors (Lipinski definition) is 9. The van der Waals surface area contributed by atoms with Crippen LogP contribution in [0.15, 0.2) is 47.0 Å². The lowest BCUT2D eigenvalue weighted by atomic mass is 9.95. The number of carbonyl (C=O) groups excluding carboxylic acids is 3. The number of carboxylic acid groups (broad SMARTS) is 1. The molecule has 4 amide bonds. The third-order valence-electron chi connectivity index (χ3n) is 8.21. The summed E-state index contributed by atoms with van der Waals surface area (Å²) in [6.07, 6.45) is 0.156. The molecule has 17 heteroatoms. The lowest BCUT2D eigenvalue weighted by molar-refractivity contribution is -0.130. The Morgan fingerprint density at radius 3 is 2.19 bits per heavy atom. The van der Waals surface area contributed by atoms with Crippen molar-refractivity contribution in [1.29, 1.82) is 5.41 Å². The van der Waals surface area contributed by atoms with E-state index >= 15 is 0 Å². The van der Waals surface area contributed by atoms with Gasteiger partial charge in [0, 0.05) is 25.9 Å². The van der Waals surface area contributed by atoms with Gasteiger partial charge in [-0.2, -0.15) is 4.98 Å². The highest BCUT2D eigenvalue weighted by Gasteiger charge is 2.31. The van der Waals surface area contributed by atoms with Crippen molar-refractivity contribution in [3.63, 3.8) is 0 Å². The van der Waals surface area contributed by atoms with Crippen LogP contribution in [0.25, 0.3) is 0 Å². The first-order valence-corrected chi connectivity index (χ1v) is 17.8. The molecule has 0 saturated heterocycles. The van der Waals surface area contributed by atoms with E-state index in [0.717, 1.165) is 5.56 Å². The number of rotatable bonds is 19. The Hall–Kier alpha value is -5.87. The molecule has 0 unspecified atom stereocenters. The minimum absolute atomic E-state index is 0.0107. The van der Waals surface area contributed by atoms with Gasteiger partial charge in [-0.15, -0.1) is 0 Å². The van der Waals surface area contributed by atoms with Crippen LogP contribution >= 0.6 is 0 Å². The number of phenolic OH excluding ortho intramolecular Hbond substituents is 1. The molecule has 3 atom stereocenters. The molecular weight excluding hydrogens is 698 g/mol. The maximum Gasteiger partial charge on any atom is 0.407 e. The van der Waals surface area contributed by atoms with Crippen LogP contribution in [0.2, 0.25) is 0 Å². The minimum Gasteiger partial charge on any atom is -0.508 e. The first kappa shape index (κ1) is 42.5. The van der Waals surface area contributed by atoms with E-state index in [1.807, 2.05) is 30.3 Å². The van der Waals surface area contributed by atoms with E-state index in [1.165, 1.54) is 0 Å². The number of nitrogens with one attached hydrogen (secondary N) is 6. The number of guanidine groups is 1. The van der Waals surface area contributed by atoms with Gasteiger partial charge in [0.05, 0.1) is 0 Å². The standard InChI is InChI=1S/C37H53N9O8/c1-22-18-25(47)19-23(2)26(22)21-29(43-31(48)27(44-35(50)51)15-11-17-40-34(38)39)32(49)42-28(14-9-10-16-41-36(52)53-37(3,4)5)33-45-30(46-54-33)20-24-12-7-6-8-13-24/h6-8,12-13,18-19,27-29,44,47H,9-11,14-17,20-21H2,1-5H3,(H,41,52)(H,42,49)(H,43,48)(H,50,51)(H4,38,39,40)/t27-,28-,29-/m1/s1. The highest BCUT2D eigenvalue weighted by atomic mass is 16.6. The number of nitrogens with two attached hydrogens (primary N) is 1. The second kappa shape index (κ2) is 20.4. The Bertz CT molecular complexity index is 1700. The normalized spacial score (nSPS) is 12.8. The zero-order valence-electron chi connectivity index (χ0n) is 31.5. The molecule has 0 spiro atoms. The fraction of sp³-hybridized carbons (Fsp3) is 0.486. The molecule has 3 aromatic rings. The highest BCUT2D eigenvalue weighted by molar-refractivity contribution is 5.91. The Labute approximate surface area is 314 Å². The van der Waals surface area contributed by atoms with Crippen molar-refractivity contribution in [2.75, 3.05) is 13.1 Å². The number of carbonyl (C=O) groups is 4. The van der Waals surface area contributed by atoms with Crippen LogP contribution in [0.1, 0.15) is 92.9 Å². The Morgan fingerprint density at radius 1 is 0.907 bits per heavy atom. The molecule has 2 aromatic carbocycles. The fourth-order valence-electron chi connectivity index (χ4n) is 5.69. The van der Waals surface area contributed by atoms with Crippen molar-refractivity contribution in [2.24, 2.45) is 5.73 Å². The molecule has 1 aromatic heterocycles.